The van der Waals surface area contributed by atoms with Crippen molar-refractivity contribution in [1.82, 2.24) is 14.8 Å². The van der Waals surface area contributed by atoms with Crippen molar-refractivity contribution in [3.05, 3.63) is 58.2 Å². The van der Waals surface area contributed by atoms with Gasteiger partial charge in [-0.05, 0) is 49.0 Å². The zero-order chi connectivity index (χ0) is 14.7. The molecule has 0 aliphatic carbocycles. The first-order chi connectivity index (χ1) is 10.3. The van der Waals surface area contributed by atoms with Gasteiger partial charge in [0.1, 0.15) is 0 Å². The molecule has 1 N–H and O–H groups in total. The summed E-state index contributed by atoms with van der Waals surface area (Å²) in [6.45, 7) is 2.20. The molecule has 3 aromatic rings. The van der Waals surface area contributed by atoms with Gasteiger partial charge in [-0.1, -0.05) is 36.4 Å². The minimum absolute atomic E-state index is 0.313. The molecule has 0 aliphatic rings. The zero-order valence-electron chi connectivity index (χ0n) is 11.8. The van der Waals surface area contributed by atoms with E-state index in [4.69, 9.17) is 12.2 Å². The molecular weight excluding hydrogens is 298 g/mol. The Kier molecular flexibility index (Phi) is 4.31. The van der Waals surface area contributed by atoms with Gasteiger partial charge in [-0.25, -0.2) is 0 Å². The maximum Gasteiger partial charge on any atom is 0.195 e. The number of aryl methyl sites for hydroxylation is 1. The fraction of sp³-hybridized carbons (Fsp3) is 0.250. The first-order valence-electron chi connectivity index (χ1n) is 7.00. The summed E-state index contributed by atoms with van der Waals surface area (Å²) < 4.78 is 2.82. The molecule has 5 heteroatoms. The highest BCUT2D eigenvalue weighted by atomic mass is 32.1. The van der Waals surface area contributed by atoms with Gasteiger partial charge in [0.15, 0.2) is 10.6 Å². The van der Waals surface area contributed by atoms with Gasteiger partial charge in [0, 0.05) is 6.04 Å². The van der Waals surface area contributed by atoms with Crippen LogP contribution in [0.15, 0.2) is 47.8 Å². The van der Waals surface area contributed by atoms with Crippen LogP contribution in [0, 0.1) is 4.77 Å². The molecule has 1 atom stereocenters. The summed E-state index contributed by atoms with van der Waals surface area (Å²) in [7, 11) is 0. The highest BCUT2D eigenvalue weighted by Crippen LogP contribution is 2.27. The van der Waals surface area contributed by atoms with Gasteiger partial charge in [-0.3, -0.25) is 9.67 Å². The second-order valence-corrected chi connectivity index (χ2v) is 6.41. The number of H-pyrrole nitrogens is 1. The summed E-state index contributed by atoms with van der Waals surface area (Å²) in [4.78, 5) is 1.15. The average molecular weight is 315 g/mol. The van der Waals surface area contributed by atoms with Crippen molar-refractivity contribution < 1.29 is 0 Å². The quantitative estimate of drug-likeness (QED) is 0.682. The maximum atomic E-state index is 5.40. The topological polar surface area (TPSA) is 33.6 Å². The van der Waals surface area contributed by atoms with E-state index < -0.39 is 0 Å². The molecule has 0 bridgehead atoms. The summed E-state index contributed by atoms with van der Waals surface area (Å²) in [5.74, 6) is 0.940. The molecule has 0 saturated heterocycles. The van der Waals surface area contributed by atoms with E-state index in [0.29, 0.717) is 10.8 Å². The molecule has 1 aromatic carbocycles. The predicted molar refractivity (Wildman–Crippen MR) is 90.2 cm³/mol. The van der Waals surface area contributed by atoms with Crippen LogP contribution < -0.4 is 0 Å². The van der Waals surface area contributed by atoms with Gasteiger partial charge in [0.2, 0.25) is 0 Å². The predicted octanol–water partition coefficient (Wildman–Crippen LogP) is 4.86. The van der Waals surface area contributed by atoms with Gasteiger partial charge in [-0.15, -0.1) is 11.3 Å². The minimum Gasteiger partial charge on any atom is -0.297 e. The van der Waals surface area contributed by atoms with Crippen molar-refractivity contribution in [2.75, 3.05) is 0 Å². The van der Waals surface area contributed by atoms with Crippen molar-refractivity contribution in [3.63, 3.8) is 0 Å². The largest absolute Gasteiger partial charge is 0.297 e. The van der Waals surface area contributed by atoms with Gasteiger partial charge in [0.05, 0.1) is 4.88 Å². The van der Waals surface area contributed by atoms with Crippen molar-refractivity contribution in [3.8, 4) is 10.7 Å². The Hall–Kier alpha value is -1.72. The highest BCUT2D eigenvalue weighted by Gasteiger charge is 2.15. The van der Waals surface area contributed by atoms with Crippen LogP contribution in [-0.2, 0) is 6.42 Å². The van der Waals surface area contributed by atoms with E-state index in [0.717, 1.165) is 23.5 Å². The number of hydrogen-bond acceptors (Lipinski definition) is 3. The van der Waals surface area contributed by atoms with Crippen LogP contribution in [0.2, 0.25) is 0 Å². The number of aromatic nitrogens is 3. The molecule has 2 aromatic heterocycles. The molecule has 0 saturated carbocycles. The van der Waals surface area contributed by atoms with E-state index in [2.05, 4.69) is 57.4 Å². The monoisotopic (exact) mass is 315 g/mol. The number of aromatic amines is 1. The van der Waals surface area contributed by atoms with E-state index >= 15 is 0 Å². The molecule has 0 aliphatic heterocycles. The third kappa shape index (κ3) is 3.14. The van der Waals surface area contributed by atoms with Crippen molar-refractivity contribution in [1.29, 1.82) is 0 Å². The average Bonchev–Trinajstić information content (AvgIpc) is 3.15. The van der Waals surface area contributed by atoms with Crippen molar-refractivity contribution in [2.24, 2.45) is 0 Å². The zero-order valence-corrected chi connectivity index (χ0v) is 13.5. The molecule has 21 heavy (non-hydrogen) atoms. The Morgan fingerprint density at radius 3 is 2.76 bits per heavy atom. The number of thiophene rings is 1. The van der Waals surface area contributed by atoms with Crippen LogP contribution in [0.5, 0.6) is 0 Å². The summed E-state index contributed by atoms with van der Waals surface area (Å²) >= 11 is 7.09. The lowest BCUT2D eigenvalue weighted by Gasteiger charge is -2.15. The van der Waals surface area contributed by atoms with Gasteiger partial charge >= 0.3 is 0 Å². The summed E-state index contributed by atoms with van der Waals surface area (Å²) in [6, 6.07) is 15.0. The first-order valence-corrected chi connectivity index (χ1v) is 8.29. The van der Waals surface area contributed by atoms with E-state index in [1.165, 1.54) is 5.56 Å². The summed E-state index contributed by atoms with van der Waals surface area (Å²) in [5, 5.41) is 9.38. The van der Waals surface area contributed by atoms with E-state index in [-0.39, 0.29) is 0 Å². The van der Waals surface area contributed by atoms with Crippen molar-refractivity contribution in [2.45, 2.75) is 25.8 Å². The smallest absolute Gasteiger partial charge is 0.195 e. The number of nitrogens with one attached hydrogen (secondary N) is 1. The Bertz CT molecular complexity index is 741. The first kappa shape index (κ1) is 14.2. The fourth-order valence-electron chi connectivity index (χ4n) is 2.44. The number of benzene rings is 1. The Morgan fingerprint density at radius 2 is 2.05 bits per heavy atom. The Morgan fingerprint density at radius 1 is 1.24 bits per heavy atom. The Balaban J connectivity index is 1.80. The summed E-state index contributed by atoms with van der Waals surface area (Å²) in [6.07, 6.45) is 2.08. The van der Waals surface area contributed by atoms with Crippen LogP contribution >= 0.6 is 23.6 Å². The van der Waals surface area contributed by atoms with E-state index in [1.54, 1.807) is 11.3 Å². The molecule has 3 rings (SSSR count). The second-order valence-electron chi connectivity index (χ2n) is 5.07. The third-order valence-corrected chi connectivity index (χ3v) is 4.73. The lowest BCUT2D eigenvalue weighted by atomic mass is 10.1. The normalized spacial score (nSPS) is 12.4. The molecular formula is C16H17N3S2. The van der Waals surface area contributed by atoms with Gasteiger partial charge in [-0.2, -0.15) is 5.10 Å². The molecule has 2 heterocycles. The standard InChI is InChI=1S/C16H17N3S2/c1-12(9-10-13-6-3-2-4-7-13)19-15(17-18-16(19)20)14-8-5-11-21-14/h2-8,11-12H,9-10H2,1H3,(H,18,20). The number of rotatable bonds is 5. The fourth-order valence-corrected chi connectivity index (χ4v) is 3.46. The van der Waals surface area contributed by atoms with Gasteiger partial charge in [0.25, 0.3) is 0 Å². The molecule has 3 nitrogen and oxygen atoms in total. The van der Waals surface area contributed by atoms with Crippen LogP contribution in [-0.4, -0.2) is 14.8 Å². The third-order valence-electron chi connectivity index (χ3n) is 3.58. The van der Waals surface area contributed by atoms with Crippen LogP contribution in [0.1, 0.15) is 24.9 Å². The van der Waals surface area contributed by atoms with E-state index in [9.17, 15) is 0 Å². The van der Waals surface area contributed by atoms with Crippen LogP contribution in [0.25, 0.3) is 10.7 Å². The number of hydrogen-bond donors (Lipinski definition) is 1. The summed E-state index contributed by atoms with van der Waals surface area (Å²) in [5.41, 5.74) is 1.36. The molecule has 1 unspecified atom stereocenters. The van der Waals surface area contributed by atoms with Crippen LogP contribution in [0.4, 0.5) is 0 Å². The molecule has 0 spiro atoms. The molecule has 0 radical (unpaired) electrons. The van der Waals surface area contributed by atoms with Gasteiger partial charge < -0.3 is 0 Å². The minimum atomic E-state index is 0.313. The lowest BCUT2D eigenvalue weighted by Crippen LogP contribution is -2.08. The second kappa shape index (κ2) is 6.37. The lowest BCUT2D eigenvalue weighted by molar-refractivity contribution is 0.505. The van der Waals surface area contributed by atoms with Crippen LogP contribution in [0.3, 0.4) is 0 Å². The Labute approximate surface area is 133 Å². The number of nitrogens with zero attached hydrogens (tertiary/aromatic N) is 2. The van der Waals surface area contributed by atoms with Crippen molar-refractivity contribution >= 4 is 23.6 Å². The SMILES string of the molecule is CC(CCc1ccccc1)n1c(-c2cccs2)n[nH]c1=S. The molecule has 0 amide bonds. The highest BCUT2D eigenvalue weighted by molar-refractivity contribution is 7.71. The van der Waals surface area contributed by atoms with E-state index in [1.807, 2.05) is 12.1 Å². The molecule has 108 valence electrons. The maximum absolute atomic E-state index is 5.40. The molecule has 0 fully saturated rings.